The average molecular weight is 277 g/mol. The van der Waals surface area contributed by atoms with Crippen molar-refractivity contribution in [1.82, 2.24) is 0 Å². The maximum atomic E-state index is 11.7. The Labute approximate surface area is 93.4 Å². The van der Waals surface area contributed by atoms with Crippen LogP contribution in [0, 0.1) is 6.92 Å². The number of rotatable bonds is 3. The molecule has 0 bridgehead atoms. The van der Waals surface area contributed by atoms with Gasteiger partial charge in [-0.2, -0.15) is 0 Å². The van der Waals surface area contributed by atoms with Gasteiger partial charge in [-0.15, -0.1) is 0 Å². The second-order valence-corrected chi connectivity index (χ2v) is 6.97. The summed E-state index contributed by atoms with van der Waals surface area (Å²) in [4.78, 5) is 0.378. The van der Waals surface area contributed by atoms with Gasteiger partial charge in [0.1, 0.15) is 0 Å². The molecule has 1 rings (SSSR count). The first kappa shape index (κ1) is 11.7. The van der Waals surface area contributed by atoms with Crippen LogP contribution >= 0.6 is 15.9 Å². The molecular weight excluding hydrogens is 264 g/mol. The zero-order valence-corrected chi connectivity index (χ0v) is 10.6. The van der Waals surface area contributed by atoms with Crippen LogP contribution in [0.15, 0.2) is 29.2 Å². The van der Waals surface area contributed by atoms with Gasteiger partial charge in [-0.3, -0.25) is 0 Å². The van der Waals surface area contributed by atoms with E-state index in [9.17, 15) is 8.42 Å². The van der Waals surface area contributed by atoms with Crippen molar-refractivity contribution in [2.24, 2.45) is 0 Å². The summed E-state index contributed by atoms with van der Waals surface area (Å²) < 4.78 is 23.4. The van der Waals surface area contributed by atoms with E-state index in [0.717, 1.165) is 5.56 Å². The molecule has 0 saturated carbocycles. The Hall–Kier alpha value is -0.350. The molecule has 0 aliphatic carbocycles. The first-order chi connectivity index (χ1) is 6.42. The van der Waals surface area contributed by atoms with Crippen LogP contribution in [0.1, 0.15) is 12.5 Å². The second-order valence-electron chi connectivity index (χ2n) is 3.38. The van der Waals surface area contributed by atoms with Gasteiger partial charge in [-0.25, -0.2) is 8.42 Å². The molecule has 0 aromatic heterocycles. The van der Waals surface area contributed by atoms with Crippen molar-refractivity contribution in [2.75, 3.05) is 5.75 Å². The molecule has 0 saturated heterocycles. The lowest BCUT2D eigenvalue weighted by Gasteiger charge is -2.05. The maximum Gasteiger partial charge on any atom is 0.179 e. The van der Waals surface area contributed by atoms with Crippen LogP contribution in [-0.2, 0) is 9.84 Å². The van der Waals surface area contributed by atoms with Gasteiger partial charge in [0, 0.05) is 4.83 Å². The summed E-state index contributed by atoms with van der Waals surface area (Å²) in [5.41, 5.74) is 1.07. The van der Waals surface area contributed by atoms with Gasteiger partial charge in [0.2, 0.25) is 0 Å². The molecule has 0 N–H and O–H groups in total. The zero-order chi connectivity index (χ0) is 10.8. The molecular formula is C10H13BrO2S. The summed E-state index contributed by atoms with van der Waals surface area (Å²) in [6, 6.07) is 6.93. The number of benzene rings is 1. The summed E-state index contributed by atoms with van der Waals surface area (Å²) in [6.07, 6.45) is 0. The second kappa shape index (κ2) is 4.45. The highest BCUT2D eigenvalue weighted by atomic mass is 79.9. The minimum atomic E-state index is -3.12. The van der Waals surface area contributed by atoms with Crippen molar-refractivity contribution >= 4 is 25.8 Å². The third-order valence-electron chi connectivity index (χ3n) is 1.83. The van der Waals surface area contributed by atoms with E-state index < -0.39 is 9.84 Å². The molecule has 0 amide bonds. The summed E-state index contributed by atoms with van der Waals surface area (Å²) in [6.45, 7) is 3.76. The van der Waals surface area contributed by atoms with Gasteiger partial charge in [0.15, 0.2) is 9.84 Å². The van der Waals surface area contributed by atoms with E-state index in [1.807, 2.05) is 26.0 Å². The molecule has 1 unspecified atom stereocenters. The maximum absolute atomic E-state index is 11.7. The standard InChI is InChI=1S/C10H13BrO2S/c1-8-3-5-10(6-4-8)14(12,13)7-9(2)11/h3-6,9H,7H2,1-2H3. The Morgan fingerprint density at radius 2 is 1.79 bits per heavy atom. The number of hydrogen-bond donors (Lipinski definition) is 0. The van der Waals surface area contributed by atoms with Gasteiger partial charge < -0.3 is 0 Å². The van der Waals surface area contributed by atoms with Crippen molar-refractivity contribution in [3.05, 3.63) is 29.8 Å². The summed E-state index contributed by atoms with van der Waals surface area (Å²) in [5, 5.41) is 0. The molecule has 0 fully saturated rings. The van der Waals surface area contributed by atoms with Gasteiger partial charge in [-0.05, 0) is 19.1 Å². The van der Waals surface area contributed by atoms with Crippen molar-refractivity contribution < 1.29 is 8.42 Å². The molecule has 78 valence electrons. The van der Waals surface area contributed by atoms with Crippen LogP contribution in [0.5, 0.6) is 0 Å². The van der Waals surface area contributed by atoms with Gasteiger partial charge in [0.25, 0.3) is 0 Å². The van der Waals surface area contributed by atoms with Gasteiger partial charge >= 0.3 is 0 Å². The third-order valence-corrected chi connectivity index (χ3v) is 4.51. The predicted octanol–water partition coefficient (Wildman–Crippen LogP) is 2.55. The molecule has 0 radical (unpaired) electrons. The fourth-order valence-corrected chi connectivity index (χ4v) is 3.54. The molecule has 2 nitrogen and oxygen atoms in total. The highest BCUT2D eigenvalue weighted by molar-refractivity contribution is 9.09. The predicted molar refractivity (Wildman–Crippen MR) is 61.6 cm³/mol. The smallest absolute Gasteiger partial charge is 0.179 e. The summed E-state index contributed by atoms with van der Waals surface area (Å²) >= 11 is 3.24. The SMILES string of the molecule is Cc1ccc(S(=O)(=O)CC(C)Br)cc1. The molecule has 0 aliphatic rings. The molecule has 0 aliphatic heterocycles. The summed E-state index contributed by atoms with van der Waals surface area (Å²) in [7, 11) is -3.12. The molecule has 0 spiro atoms. The van der Waals surface area contributed by atoms with Gasteiger partial charge in [0.05, 0.1) is 10.6 Å². The number of halogens is 1. The Morgan fingerprint density at radius 1 is 1.29 bits per heavy atom. The number of aryl methyl sites for hydroxylation is 1. The normalized spacial score (nSPS) is 13.9. The van der Waals surface area contributed by atoms with E-state index in [0.29, 0.717) is 4.90 Å². The quantitative estimate of drug-likeness (QED) is 0.796. The van der Waals surface area contributed by atoms with E-state index in [1.54, 1.807) is 12.1 Å². The van der Waals surface area contributed by atoms with Crippen molar-refractivity contribution in [3.63, 3.8) is 0 Å². The number of hydrogen-bond acceptors (Lipinski definition) is 2. The molecule has 1 aromatic rings. The van der Waals surface area contributed by atoms with E-state index in [2.05, 4.69) is 15.9 Å². The average Bonchev–Trinajstić information content (AvgIpc) is 2.02. The van der Waals surface area contributed by atoms with Crippen LogP contribution < -0.4 is 0 Å². The van der Waals surface area contributed by atoms with Gasteiger partial charge in [-0.1, -0.05) is 40.5 Å². The van der Waals surface area contributed by atoms with Crippen LogP contribution in [0.3, 0.4) is 0 Å². The number of alkyl halides is 1. The lowest BCUT2D eigenvalue weighted by Crippen LogP contribution is -2.13. The Balaban J connectivity index is 2.99. The van der Waals surface area contributed by atoms with Crippen LogP contribution in [0.25, 0.3) is 0 Å². The van der Waals surface area contributed by atoms with Crippen LogP contribution in [0.4, 0.5) is 0 Å². The Morgan fingerprint density at radius 3 is 2.21 bits per heavy atom. The fraction of sp³-hybridized carbons (Fsp3) is 0.400. The van der Waals surface area contributed by atoms with E-state index in [1.165, 1.54) is 0 Å². The van der Waals surface area contributed by atoms with Crippen LogP contribution in [-0.4, -0.2) is 19.0 Å². The van der Waals surface area contributed by atoms with Crippen molar-refractivity contribution in [1.29, 1.82) is 0 Å². The molecule has 0 heterocycles. The van der Waals surface area contributed by atoms with E-state index >= 15 is 0 Å². The van der Waals surface area contributed by atoms with E-state index in [4.69, 9.17) is 0 Å². The Bertz CT molecular complexity index is 393. The monoisotopic (exact) mass is 276 g/mol. The lowest BCUT2D eigenvalue weighted by molar-refractivity contribution is 0.595. The Kier molecular flexibility index (Phi) is 3.72. The third kappa shape index (κ3) is 3.10. The van der Waals surface area contributed by atoms with Crippen molar-refractivity contribution in [2.45, 2.75) is 23.6 Å². The number of sulfone groups is 1. The van der Waals surface area contributed by atoms with Crippen LogP contribution in [0.2, 0.25) is 0 Å². The minimum absolute atomic E-state index is 0.0196. The molecule has 1 aromatic carbocycles. The molecule has 4 heteroatoms. The van der Waals surface area contributed by atoms with E-state index in [-0.39, 0.29) is 10.6 Å². The van der Waals surface area contributed by atoms with Crippen molar-refractivity contribution in [3.8, 4) is 0 Å². The first-order valence-corrected chi connectivity index (χ1v) is 6.92. The molecule has 1 atom stereocenters. The minimum Gasteiger partial charge on any atom is -0.224 e. The first-order valence-electron chi connectivity index (χ1n) is 4.35. The highest BCUT2D eigenvalue weighted by Gasteiger charge is 2.16. The highest BCUT2D eigenvalue weighted by Crippen LogP contribution is 2.15. The lowest BCUT2D eigenvalue weighted by atomic mass is 10.2. The fourth-order valence-electron chi connectivity index (χ4n) is 1.14. The largest absolute Gasteiger partial charge is 0.224 e. The zero-order valence-electron chi connectivity index (χ0n) is 8.20. The molecule has 14 heavy (non-hydrogen) atoms. The topological polar surface area (TPSA) is 34.1 Å². The summed E-state index contributed by atoms with van der Waals surface area (Å²) in [5.74, 6) is 0.135.